The Balaban J connectivity index is 3.10. The van der Waals surface area contributed by atoms with Crippen LogP contribution in [0, 0.1) is 6.92 Å². The molecule has 1 aromatic heterocycles. The predicted molar refractivity (Wildman–Crippen MR) is 49.5 cm³/mol. The summed E-state index contributed by atoms with van der Waals surface area (Å²) in [5, 5.41) is 8.98. The number of halogens is 3. The number of aromatic nitrogens is 1. The van der Waals surface area contributed by atoms with Gasteiger partial charge < -0.3 is 15.6 Å². The van der Waals surface area contributed by atoms with E-state index >= 15 is 0 Å². The van der Waals surface area contributed by atoms with Gasteiger partial charge in [-0.1, -0.05) is 0 Å². The smallest absolute Gasteiger partial charge is 0.392 e. The van der Waals surface area contributed by atoms with Crippen LogP contribution < -0.4 is 10.5 Å². The van der Waals surface area contributed by atoms with Gasteiger partial charge in [0.1, 0.15) is 0 Å². The molecule has 0 atom stereocenters. The number of ether oxygens (including phenoxy) is 1. The van der Waals surface area contributed by atoms with Gasteiger partial charge in [0, 0.05) is 18.3 Å². The van der Waals surface area contributed by atoms with Gasteiger partial charge in [0.05, 0.1) is 6.61 Å². The number of aliphatic hydroxyl groups is 1. The average molecular weight is 236 g/mol. The van der Waals surface area contributed by atoms with Crippen molar-refractivity contribution in [3.63, 3.8) is 0 Å². The van der Waals surface area contributed by atoms with Gasteiger partial charge in [-0.3, -0.25) is 0 Å². The van der Waals surface area contributed by atoms with Gasteiger partial charge >= 0.3 is 6.36 Å². The van der Waals surface area contributed by atoms with Crippen LogP contribution in [0.2, 0.25) is 0 Å². The number of pyridine rings is 1. The lowest BCUT2D eigenvalue weighted by Crippen LogP contribution is -2.19. The molecule has 0 aliphatic carbocycles. The summed E-state index contributed by atoms with van der Waals surface area (Å²) in [6.07, 6.45) is -4.80. The van der Waals surface area contributed by atoms with Gasteiger partial charge in [-0.05, 0) is 18.1 Å². The lowest BCUT2D eigenvalue weighted by atomic mass is 10.1. The minimum atomic E-state index is -4.80. The summed E-state index contributed by atoms with van der Waals surface area (Å²) in [6.45, 7) is 1.19. The average Bonchev–Trinajstić information content (AvgIpc) is 2.14. The Labute approximate surface area is 89.9 Å². The van der Waals surface area contributed by atoms with Crippen molar-refractivity contribution in [3.05, 3.63) is 22.9 Å². The second kappa shape index (κ2) is 4.67. The molecule has 1 aromatic rings. The molecule has 0 radical (unpaired) electrons. The third-order valence-corrected chi connectivity index (χ3v) is 1.99. The minimum absolute atomic E-state index is 0.0982. The first kappa shape index (κ1) is 12.7. The van der Waals surface area contributed by atoms with Crippen LogP contribution in [0.4, 0.5) is 13.2 Å². The Hall–Kier alpha value is -1.34. The van der Waals surface area contributed by atoms with Crippen LogP contribution in [0.5, 0.6) is 5.88 Å². The number of hydrogen-bond acceptors (Lipinski definition) is 4. The Kier molecular flexibility index (Phi) is 3.71. The Morgan fingerprint density at radius 1 is 1.50 bits per heavy atom. The highest BCUT2D eigenvalue weighted by molar-refractivity contribution is 5.34. The van der Waals surface area contributed by atoms with E-state index in [1.807, 2.05) is 0 Å². The maximum atomic E-state index is 11.9. The summed E-state index contributed by atoms with van der Waals surface area (Å²) < 4.78 is 39.5. The predicted octanol–water partition coefficient (Wildman–Crippen LogP) is 1.24. The molecule has 16 heavy (non-hydrogen) atoms. The highest BCUT2D eigenvalue weighted by Crippen LogP contribution is 2.24. The number of aryl methyl sites for hydroxylation is 1. The van der Waals surface area contributed by atoms with Crippen LogP contribution in [0.3, 0.4) is 0 Å². The highest BCUT2D eigenvalue weighted by Gasteiger charge is 2.32. The van der Waals surface area contributed by atoms with Gasteiger partial charge in [0.25, 0.3) is 0 Å². The third-order valence-electron chi connectivity index (χ3n) is 1.99. The topological polar surface area (TPSA) is 68.4 Å². The number of nitrogens with zero attached hydrogens (tertiary/aromatic N) is 1. The molecule has 0 unspecified atom stereocenters. The summed E-state index contributed by atoms with van der Waals surface area (Å²) in [5.74, 6) is -0.591. The number of rotatable bonds is 3. The van der Waals surface area contributed by atoms with Crippen LogP contribution in [-0.4, -0.2) is 16.5 Å². The van der Waals surface area contributed by atoms with E-state index in [4.69, 9.17) is 10.8 Å². The van der Waals surface area contributed by atoms with Crippen molar-refractivity contribution in [1.29, 1.82) is 0 Å². The van der Waals surface area contributed by atoms with E-state index in [1.165, 1.54) is 6.92 Å². The molecule has 0 aliphatic rings. The standard InChI is InChI=1S/C9H11F3N2O2/c1-5-7(3-13)6(4-15)2-8(14-5)16-9(10,11)12/h2,15H,3-4,13H2,1H3. The highest BCUT2D eigenvalue weighted by atomic mass is 19.4. The van der Waals surface area contributed by atoms with Crippen molar-refractivity contribution in [1.82, 2.24) is 4.98 Å². The number of alkyl halides is 3. The molecule has 0 saturated heterocycles. The molecule has 0 spiro atoms. The summed E-state index contributed by atoms with van der Waals surface area (Å²) in [7, 11) is 0. The van der Waals surface area contributed by atoms with Gasteiger partial charge in [-0.25, -0.2) is 4.98 Å². The summed E-state index contributed by atoms with van der Waals surface area (Å²) >= 11 is 0. The third kappa shape index (κ3) is 3.07. The monoisotopic (exact) mass is 236 g/mol. The fourth-order valence-electron chi connectivity index (χ4n) is 1.32. The van der Waals surface area contributed by atoms with E-state index < -0.39 is 18.8 Å². The van der Waals surface area contributed by atoms with E-state index in [2.05, 4.69) is 9.72 Å². The summed E-state index contributed by atoms with van der Waals surface area (Å²) in [4.78, 5) is 3.60. The van der Waals surface area contributed by atoms with E-state index in [1.54, 1.807) is 0 Å². The van der Waals surface area contributed by atoms with Crippen molar-refractivity contribution in [3.8, 4) is 5.88 Å². The molecule has 0 aliphatic heterocycles. The Bertz CT molecular complexity index is 380. The Morgan fingerprint density at radius 2 is 2.12 bits per heavy atom. The van der Waals surface area contributed by atoms with Gasteiger partial charge in [-0.15, -0.1) is 13.2 Å². The maximum Gasteiger partial charge on any atom is 0.574 e. The van der Waals surface area contributed by atoms with Gasteiger partial charge in [-0.2, -0.15) is 0 Å². The molecular weight excluding hydrogens is 225 g/mol. The largest absolute Gasteiger partial charge is 0.574 e. The van der Waals surface area contributed by atoms with Crippen LogP contribution in [-0.2, 0) is 13.2 Å². The molecule has 0 amide bonds. The second-order valence-electron chi connectivity index (χ2n) is 3.09. The second-order valence-corrected chi connectivity index (χ2v) is 3.09. The zero-order valence-electron chi connectivity index (χ0n) is 8.51. The van der Waals surface area contributed by atoms with Gasteiger partial charge in [0.2, 0.25) is 5.88 Å². The van der Waals surface area contributed by atoms with Crippen LogP contribution >= 0.6 is 0 Å². The number of nitrogens with two attached hydrogens (primary N) is 1. The van der Waals surface area contributed by atoms with E-state index in [0.717, 1.165) is 6.07 Å². The SMILES string of the molecule is Cc1nc(OC(F)(F)F)cc(CO)c1CN. The van der Waals surface area contributed by atoms with E-state index in [-0.39, 0.29) is 12.1 Å². The minimum Gasteiger partial charge on any atom is -0.392 e. The normalized spacial score (nSPS) is 11.6. The fourth-order valence-corrected chi connectivity index (χ4v) is 1.32. The molecule has 0 bridgehead atoms. The van der Waals surface area contributed by atoms with Crippen molar-refractivity contribution < 1.29 is 23.0 Å². The molecule has 7 heteroatoms. The number of hydrogen-bond donors (Lipinski definition) is 2. The summed E-state index contributed by atoms with van der Waals surface area (Å²) in [6, 6.07) is 1.03. The van der Waals surface area contributed by atoms with Crippen molar-refractivity contribution in [2.75, 3.05) is 0 Å². The molecule has 0 saturated carbocycles. The lowest BCUT2D eigenvalue weighted by Gasteiger charge is -2.13. The molecule has 0 aromatic carbocycles. The quantitative estimate of drug-likeness (QED) is 0.828. The lowest BCUT2D eigenvalue weighted by molar-refractivity contribution is -0.276. The Morgan fingerprint density at radius 3 is 2.56 bits per heavy atom. The first-order chi connectivity index (χ1) is 7.37. The fraction of sp³-hybridized carbons (Fsp3) is 0.444. The zero-order chi connectivity index (χ0) is 12.3. The molecule has 4 nitrogen and oxygen atoms in total. The molecule has 1 rings (SSSR count). The zero-order valence-corrected chi connectivity index (χ0v) is 8.51. The summed E-state index contributed by atoms with van der Waals surface area (Å²) in [5.41, 5.74) is 6.51. The molecule has 1 heterocycles. The van der Waals surface area contributed by atoms with Crippen LogP contribution in [0.15, 0.2) is 6.07 Å². The molecule has 0 fully saturated rings. The first-order valence-electron chi connectivity index (χ1n) is 4.43. The van der Waals surface area contributed by atoms with Crippen LogP contribution in [0.25, 0.3) is 0 Å². The van der Waals surface area contributed by atoms with Crippen molar-refractivity contribution >= 4 is 0 Å². The van der Waals surface area contributed by atoms with Gasteiger partial charge in [0.15, 0.2) is 0 Å². The molecule has 90 valence electrons. The van der Waals surface area contributed by atoms with Crippen molar-refractivity contribution in [2.45, 2.75) is 26.4 Å². The maximum absolute atomic E-state index is 11.9. The van der Waals surface area contributed by atoms with Crippen molar-refractivity contribution in [2.24, 2.45) is 5.73 Å². The van der Waals surface area contributed by atoms with E-state index in [9.17, 15) is 13.2 Å². The number of aliphatic hydroxyl groups excluding tert-OH is 1. The molecular formula is C9H11F3N2O2. The first-order valence-corrected chi connectivity index (χ1v) is 4.43. The van der Waals surface area contributed by atoms with Crippen LogP contribution in [0.1, 0.15) is 16.8 Å². The van der Waals surface area contributed by atoms with E-state index in [0.29, 0.717) is 11.3 Å². The molecule has 3 N–H and O–H groups in total.